The van der Waals surface area contributed by atoms with Crippen LogP contribution in [0, 0.1) is 36.6 Å². The van der Waals surface area contributed by atoms with Crippen molar-refractivity contribution >= 4 is 11.4 Å². The predicted octanol–water partition coefficient (Wildman–Crippen LogP) is 7.74. The van der Waals surface area contributed by atoms with Crippen LogP contribution in [-0.4, -0.2) is 9.97 Å². The van der Waals surface area contributed by atoms with E-state index in [2.05, 4.69) is 31.8 Å². The van der Waals surface area contributed by atoms with Crippen LogP contribution in [0.3, 0.4) is 0 Å². The molecule has 0 saturated carbocycles. The second-order valence-electron chi connectivity index (χ2n) is 7.40. The Labute approximate surface area is 229 Å². The molecule has 0 aliphatic rings. The normalized spacial score (nSPS) is 9.32. The van der Waals surface area contributed by atoms with E-state index in [4.69, 9.17) is 18.4 Å². The summed E-state index contributed by atoms with van der Waals surface area (Å²) >= 11 is 0. The molecule has 0 bridgehead atoms. The summed E-state index contributed by atoms with van der Waals surface area (Å²) in [6, 6.07) is 36.7. The number of benzene rings is 3. The van der Waals surface area contributed by atoms with Crippen LogP contribution in [0.1, 0.15) is 5.56 Å². The molecule has 0 spiro atoms. The number of rotatable bonds is 3. The molecule has 2 heterocycles. The monoisotopic (exact) mass is 652 g/mol. The Hall–Kier alpha value is -4.92. The molecular formula is C31H17IrN5-2. The fraction of sp³-hybridized carbons (Fsp3) is 0. The van der Waals surface area contributed by atoms with Crippen molar-refractivity contribution in [2.24, 2.45) is 0 Å². The summed E-state index contributed by atoms with van der Waals surface area (Å²) in [5.41, 5.74) is 5.30. The van der Waals surface area contributed by atoms with Gasteiger partial charge in [0.25, 0.3) is 0 Å². The molecule has 177 valence electrons. The molecule has 5 rings (SSSR count). The van der Waals surface area contributed by atoms with Gasteiger partial charge in [-0.15, -0.1) is 48.0 Å². The topological polar surface area (TPSA) is 58.3 Å². The molecule has 0 amide bonds. The van der Waals surface area contributed by atoms with Gasteiger partial charge in [0.15, 0.2) is 0 Å². The van der Waals surface area contributed by atoms with Crippen molar-refractivity contribution in [3.63, 3.8) is 0 Å². The fourth-order valence-corrected chi connectivity index (χ4v) is 3.48. The molecule has 0 saturated heterocycles. The molecule has 0 unspecified atom stereocenters. The molecule has 37 heavy (non-hydrogen) atoms. The average molecular weight is 652 g/mol. The molecular weight excluding hydrogens is 635 g/mol. The van der Waals surface area contributed by atoms with Crippen molar-refractivity contribution in [1.29, 1.82) is 5.26 Å². The molecule has 5 aromatic rings. The van der Waals surface area contributed by atoms with Crippen LogP contribution in [0.15, 0.2) is 103 Å². The van der Waals surface area contributed by atoms with Crippen LogP contribution in [-0.2, 0) is 20.1 Å². The SMILES string of the molecule is [C-]#[N+]c1c(-c2cc(-c3ccccc3)ccn2)[c-]cc(C#N)c1[N+]#[C-].[Ir].[c-]1ccccc1-c1ccccn1. The van der Waals surface area contributed by atoms with Gasteiger partial charge in [-0.2, -0.15) is 0 Å². The maximum Gasteiger partial charge on any atom is 0.244 e. The van der Waals surface area contributed by atoms with Crippen LogP contribution in [0.2, 0.25) is 0 Å². The van der Waals surface area contributed by atoms with Crippen LogP contribution in [0.5, 0.6) is 0 Å². The average Bonchev–Trinajstić information content (AvgIpc) is 2.98. The van der Waals surface area contributed by atoms with Gasteiger partial charge in [-0.25, -0.2) is 15.0 Å². The van der Waals surface area contributed by atoms with Crippen molar-refractivity contribution in [3.8, 4) is 39.7 Å². The number of hydrogen-bond donors (Lipinski definition) is 0. The summed E-state index contributed by atoms with van der Waals surface area (Å²) in [6.07, 6.45) is 3.45. The minimum atomic E-state index is 0. The standard InChI is InChI=1S/C20H9N4.C11H8N.Ir/c1-22-19-16(13-21)8-9-17(20(19)23-2)18-12-15(10-11-24-18)14-6-4-3-5-7-14;1-2-6-10(7-3-1)11-8-4-5-9-12-11;/h3-8,10-12H;1-6,8-9H;/q2*-1;. The van der Waals surface area contributed by atoms with Crippen molar-refractivity contribution < 1.29 is 20.1 Å². The Morgan fingerprint density at radius 1 is 0.730 bits per heavy atom. The van der Waals surface area contributed by atoms with E-state index in [1.165, 1.54) is 6.07 Å². The maximum atomic E-state index is 9.09. The zero-order valence-corrected chi connectivity index (χ0v) is 21.8. The number of nitriles is 1. The molecule has 1 radical (unpaired) electrons. The van der Waals surface area contributed by atoms with Gasteiger partial charge in [-0.3, -0.25) is 0 Å². The van der Waals surface area contributed by atoms with Gasteiger partial charge >= 0.3 is 0 Å². The molecule has 3 aromatic carbocycles. The van der Waals surface area contributed by atoms with Gasteiger partial charge < -0.3 is 9.97 Å². The van der Waals surface area contributed by atoms with E-state index >= 15 is 0 Å². The number of hydrogen-bond acceptors (Lipinski definition) is 3. The van der Waals surface area contributed by atoms with E-state index in [0.29, 0.717) is 11.3 Å². The molecule has 0 aliphatic carbocycles. The summed E-state index contributed by atoms with van der Waals surface area (Å²) in [5, 5.41) is 9.09. The second-order valence-corrected chi connectivity index (χ2v) is 7.40. The quantitative estimate of drug-likeness (QED) is 0.188. The van der Waals surface area contributed by atoms with E-state index < -0.39 is 0 Å². The Morgan fingerprint density at radius 2 is 1.46 bits per heavy atom. The summed E-state index contributed by atoms with van der Waals surface area (Å²) in [6.45, 7) is 14.7. The Morgan fingerprint density at radius 3 is 2.11 bits per heavy atom. The van der Waals surface area contributed by atoms with Crippen molar-refractivity contribution in [3.05, 3.63) is 144 Å². The molecule has 0 aliphatic heterocycles. The van der Waals surface area contributed by atoms with Gasteiger partial charge in [0, 0.05) is 38.6 Å². The van der Waals surface area contributed by atoms with Crippen LogP contribution < -0.4 is 0 Å². The first-order valence-corrected chi connectivity index (χ1v) is 10.9. The molecule has 2 aromatic heterocycles. The Balaban J connectivity index is 0.000000246. The van der Waals surface area contributed by atoms with E-state index in [9.17, 15) is 0 Å². The van der Waals surface area contributed by atoms with Gasteiger partial charge in [0.2, 0.25) is 11.4 Å². The van der Waals surface area contributed by atoms with Crippen LogP contribution in [0.25, 0.3) is 43.3 Å². The number of pyridine rings is 2. The van der Waals surface area contributed by atoms with Crippen molar-refractivity contribution in [2.45, 2.75) is 0 Å². The molecule has 0 atom stereocenters. The van der Waals surface area contributed by atoms with E-state index in [0.717, 1.165) is 22.4 Å². The molecule has 6 heteroatoms. The second kappa shape index (κ2) is 13.2. The fourth-order valence-electron chi connectivity index (χ4n) is 3.48. The van der Waals surface area contributed by atoms with E-state index in [-0.39, 0.29) is 37.0 Å². The zero-order chi connectivity index (χ0) is 25.2. The third kappa shape index (κ3) is 6.40. The maximum absolute atomic E-state index is 9.09. The first-order chi connectivity index (χ1) is 17.7. The van der Waals surface area contributed by atoms with Crippen molar-refractivity contribution in [2.75, 3.05) is 0 Å². The van der Waals surface area contributed by atoms with Gasteiger partial charge in [0.05, 0.1) is 6.57 Å². The van der Waals surface area contributed by atoms with Gasteiger partial charge in [-0.05, 0) is 45.8 Å². The van der Waals surface area contributed by atoms with Crippen molar-refractivity contribution in [1.82, 2.24) is 9.97 Å². The minimum absolute atomic E-state index is 0. The van der Waals surface area contributed by atoms with Crippen LogP contribution >= 0.6 is 0 Å². The van der Waals surface area contributed by atoms with Gasteiger partial charge in [0.1, 0.15) is 6.57 Å². The van der Waals surface area contributed by atoms with E-state index in [1.807, 2.05) is 91.0 Å². The number of aromatic nitrogens is 2. The zero-order valence-electron chi connectivity index (χ0n) is 19.4. The largest absolute Gasteiger partial charge is 0.305 e. The first-order valence-electron chi connectivity index (χ1n) is 10.9. The Kier molecular flexibility index (Phi) is 9.55. The van der Waals surface area contributed by atoms with E-state index in [1.54, 1.807) is 12.4 Å². The summed E-state index contributed by atoms with van der Waals surface area (Å²) in [7, 11) is 0. The summed E-state index contributed by atoms with van der Waals surface area (Å²) in [4.78, 5) is 15.3. The third-order valence-electron chi connectivity index (χ3n) is 5.19. The van der Waals surface area contributed by atoms with Crippen LogP contribution in [0.4, 0.5) is 11.4 Å². The smallest absolute Gasteiger partial charge is 0.244 e. The molecule has 0 fully saturated rings. The third-order valence-corrected chi connectivity index (χ3v) is 5.19. The number of nitrogens with zero attached hydrogens (tertiary/aromatic N) is 5. The first kappa shape index (κ1) is 26.7. The Bertz CT molecular complexity index is 1560. The predicted molar refractivity (Wildman–Crippen MR) is 140 cm³/mol. The van der Waals surface area contributed by atoms with Gasteiger partial charge in [-0.1, -0.05) is 48.5 Å². The summed E-state index contributed by atoms with van der Waals surface area (Å²) in [5.74, 6) is 0. The minimum Gasteiger partial charge on any atom is -0.305 e. The summed E-state index contributed by atoms with van der Waals surface area (Å²) < 4.78 is 0. The molecule has 0 N–H and O–H groups in total. The molecule has 5 nitrogen and oxygen atoms in total.